The van der Waals surface area contributed by atoms with Gasteiger partial charge in [0.1, 0.15) is 12.4 Å². The predicted octanol–water partition coefficient (Wildman–Crippen LogP) is 2.60. The highest BCUT2D eigenvalue weighted by molar-refractivity contribution is 6.25. The molecule has 0 fully saturated rings. The van der Waals surface area contributed by atoms with Crippen molar-refractivity contribution in [1.29, 1.82) is 0 Å². The lowest BCUT2D eigenvalue weighted by molar-refractivity contribution is 0.0600. The van der Waals surface area contributed by atoms with Gasteiger partial charge in [-0.25, -0.2) is 4.79 Å². The number of esters is 1. The molecule has 0 N–H and O–H groups in total. The van der Waals surface area contributed by atoms with Crippen LogP contribution in [0.5, 0.6) is 5.75 Å². The van der Waals surface area contributed by atoms with Gasteiger partial charge < -0.3 is 9.47 Å². The smallest absolute Gasteiger partial charge is 0.337 e. The van der Waals surface area contributed by atoms with Crippen molar-refractivity contribution in [3.8, 4) is 5.75 Å². The quantitative estimate of drug-likeness (QED) is 0.741. The molecule has 0 aromatic heterocycles. The van der Waals surface area contributed by atoms with Crippen molar-refractivity contribution in [3.63, 3.8) is 0 Å². The molecule has 0 amide bonds. The average molecular weight is 227 g/mol. The van der Waals surface area contributed by atoms with Crippen molar-refractivity contribution in [3.05, 3.63) is 41.4 Å². The van der Waals surface area contributed by atoms with Crippen molar-refractivity contribution in [2.75, 3.05) is 13.7 Å². The van der Waals surface area contributed by atoms with E-state index in [9.17, 15) is 4.79 Å². The van der Waals surface area contributed by atoms with Crippen LogP contribution < -0.4 is 4.74 Å². The second kappa shape index (κ2) is 6.09. The van der Waals surface area contributed by atoms with Gasteiger partial charge in [-0.15, -0.1) is 0 Å². The number of methoxy groups -OCH3 is 1. The van der Waals surface area contributed by atoms with E-state index in [1.54, 1.807) is 30.3 Å². The Morgan fingerprint density at radius 1 is 1.40 bits per heavy atom. The summed E-state index contributed by atoms with van der Waals surface area (Å²) >= 11 is 5.33. The summed E-state index contributed by atoms with van der Waals surface area (Å²) in [6.07, 6.45) is 1.68. The average Bonchev–Trinajstić information content (AvgIpc) is 2.29. The first-order valence-electron chi connectivity index (χ1n) is 4.34. The third-order valence-corrected chi connectivity index (χ3v) is 1.89. The van der Waals surface area contributed by atoms with Gasteiger partial charge in [0.2, 0.25) is 0 Å². The van der Waals surface area contributed by atoms with Gasteiger partial charge in [-0.1, -0.05) is 11.6 Å². The molecule has 80 valence electrons. The van der Waals surface area contributed by atoms with Crippen LogP contribution in [-0.2, 0) is 4.74 Å². The second-order valence-electron chi connectivity index (χ2n) is 2.69. The largest absolute Gasteiger partial charge is 0.490 e. The van der Waals surface area contributed by atoms with Crippen LogP contribution in [0.25, 0.3) is 0 Å². The minimum Gasteiger partial charge on any atom is -0.490 e. The van der Waals surface area contributed by atoms with E-state index in [1.807, 2.05) is 0 Å². The van der Waals surface area contributed by atoms with E-state index < -0.39 is 0 Å². The van der Waals surface area contributed by atoms with Crippen LogP contribution in [0, 0.1) is 0 Å². The van der Waals surface area contributed by atoms with Gasteiger partial charge in [-0.2, -0.15) is 0 Å². The summed E-state index contributed by atoms with van der Waals surface area (Å²) in [7, 11) is 1.35. The summed E-state index contributed by atoms with van der Waals surface area (Å²) in [6, 6.07) is 6.69. The SMILES string of the molecule is COC(=O)c1ccc(OC/C=C/Cl)cc1. The Balaban J connectivity index is 2.60. The summed E-state index contributed by atoms with van der Waals surface area (Å²) in [5, 5.41) is 0. The molecule has 0 saturated carbocycles. The van der Waals surface area contributed by atoms with E-state index >= 15 is 0 Å². The maximum absolute atomic E-state index is 11.1. The summed E-state index contributed by atoms with van der Waals surface area (Å²) in [4.78, 5) is 11.1. The molecule has 1 aromatic rings. The summed E-state index contributed by atoms with van der Waals surface area (Å²) in [6.45, 7) is 0.404. The standard InChI is InChI=1S/C11H11ClO3/c1-14-11(13)9-3-5-10(6-4-9)15-8-2-7-12/h2-7H,8H2,1H3/b7-2+. The van der Waals surface area contributed by atoms with Crippen molar-refractivity contribution in [2.24, 2.45) is 0 Å². The molecular formula is C11H11ClO3. The van der Waals surface area contributed by atoms with Gasteiger partial charge in [-0.05, 0) is 30.3 Å². The van der Waals surface area contributed by atoms with Crippen LogP contribution in [0.3, 0.4) is 0 Å². The molecule has 0 radical (unpaired) electrons. The van der Waals surface area contributed by atoms with E-state index in [4.69, 9.17) is 16.3 Å². The minimum atomic E-state index is -0.359. The van der Waals surface area contributed by atoms with Crippen LogP contribution >= 0.6 is 11.6 Å². The lowest BCUT2D eigenvalue weighted by Gasteiger charge is -2.03. The molecule has 0 heterocycles. The number of halogens is 1. The lowest BCUT2D eigenvalue weighted by atomic mass is 10.2. The molecule has 0 unspecified atom stereocenters. The normalized spacial score (nSPS) is 10.3. The molecule has 0 bridgehead atoms. The Hall–Kier alpha value is -1.48. The fourth-order valence-electron chi connectivity index (χ4n) is 0.986. The van der Waals surface area contributed by atoms with Gasteiger partial charge in [0.05, 0.1) is 12.7 Å². The van der Waals surface area contributed by atoms with Crippen LogP contribution in [0.2, 0.25) is 0 Å². The van der Waals surface area contributed by atoms with E-state index in [0.29, 0.717) is 17.9 Å². The highest BCUT2D eigenvalue weighted by atomic mass is 35.5. The molecule has 1 rings (SSSR count). The summed E-state index contributed by atoms with van der Waals surface area (Å²) in [5.74, 6) is 0.319. The second-order valence-corrected chi connectivity index (χ2v) is 2.94. The van der Waals surface area contributed by atoms with E-state index in [1.165, 1.54) is 12.6 Å². The first kappa shape index (κ1) is 11.6. The maximum Gasteiger partial charge on any atom is 0.337 e. The zero-order valence-corrected chi connectivity index (χ0v) is 9.03. The van der Waals surface area contributed by atoms with Gasteiger partial charge in [-0.3, -0.25) is 0 Å². The molecule has 0 spiro atoms. The molecule has 4 heteroatoms. The number of hydrogen-bond donors (Lipinski definition) is 0. The highest BCUT2D eigenvalue weighted by Gasteiger charge is 2.03. The van der Waals surface area contributed by atoms with E-state index in [-0.39, 0.29) is 5.97 Å². The molecule has 0 aliphatic heterocycles. The van der Waals surface area contributed by atoms with Crippen LogP contribution in [-0.4, -0.2) is 19.7 Å². The van der Waals surface area contributed by atoms with Gasteiger partial charge in [0.15, 0.2) is 0 Å². The zero-order valence-electron chi connectivity index (χ0n) is 8.27. The molecule has 0 aliphatic carbocycles. The van der Waals surface area contributed by atoms with Gasteiger partial charge in [0, 0.05) is 5.54 Å². The number of ether oxygens (including phenoxy) is 2. The zero-order chi connectivity index (χ0) is 11.1. The fraction of sp³-hybridized carbons (Fsp3) is 0.182. The summed E-state index contributed by atoms with van der Waals surface area (Å²) in [5.41, 5.74) is 1.89. The van der Waals surface area contributed by atoms with Crippen molar-refractivity contribution < 1.29 is 14.3 Å². The Labute approximate surface area is 93.3 Å². The van der Waals surface area contributed by atoms with Gasteiger partial charge >= 0.3 is 5.97 Å². The third kappa shape index (κ3) is 3.64. The van der Waals surface area contributed by atoms with E-state index in [2.05, 4.69) is 4.74 Å². The fourth-order valence-corrected chi connectivity index (χ4v) is 1.06. The third-order valence-electron chi connectivity index (χ3n) is 1.71. The number of carbonyl (C=O) groups is 1. The Kier molecular flexibility index (Phi) is 4.71. The Morgan fingerprint density at radius 2 is 2.07 bits per heavy atom. The monoisotopic (exact) mass is 226 g/mol. The van der Waals surface area contributed by atoms with Crippen molar-refractivity contribution >= 4 is 17.6 Å². The molecule has 15 heavy (non-hydrogen) atoms. The van der Waals surface area contributed by atoms with Crippen molar-refractivity contribution in [1.82, 2.24) is 0 Å². The highest BCUT2D eigenvalue weighted by Crippen LogP contribution is 2.12. The molecule has 0 atom stereocenters. The minimum absolute atomic E-state index is 0.359. The number of hydrogen-bond acceptors (Lipinski definition) is 3. The van der Waals surface area contributed by atoms with Gasteiger partial charge in [0.25, 0.3) is 0 Å². The predicted molar refractivity (Wildman–Crippen MR) is 58.3 cm³/mol. The molecule has 1 aromatic carbocycles. The Morgan fingerprint density at radius 3 is 2.60 bits per heavy atom. The topological polar surface area (TPSA) is 35.5 Å². The van der Waals surface area contributed by atoms with E-state index in [0.717, 1.165) is 0 Å². The number of carbonyl (C=O) groups excluding carboxylic acids is 1. The van der Waals surface area contributed by atoms with Crippen LogP contribution in [0.15, 0.2) is 35.9 Å². The Bertz CT molecular complexity index is 343. The first-order chi connectivity index (χ1) is 7.27. The molecule has 3 nitrogen and oxygen atoms in total. The van der Waals surface area contributed by atoms with Crippen molar-refractivity contribution in [2.45, 2.75) is 0 Å². The molecule has 0 saturated heterocycles. The number of benzene rings is 1. The van der Waals surface area contributed by atoms with Crippen LogP contribution in [0.4, 0.5) is 0 Å². The summed E-state index contributed by atoms with van der Waals surface area (Å²) < 4.78 is 9.86. The first-order valence-corrected chi connectivity index (χ1v) is 4.78. The maximum atomic E-state index is 11.1. The lowest BCUT2D eigenvalue weighted by Crippen LogP contribution is -2.01. The number of rotatable bonds is 4. The molecule has 0 aliphatic rings. The van der Waals surface area contributed by atoms with Crippen LogP contribution in [0.1, 0.15) is 10.4 Å². The molecular weight excluding hydrogens is 216 g/mol.